The summed E-state index contributed by atoms with van der Waals surface area (Å²) in [5, 5.41) is 0. The molecular weight excluding hydrogens is 308 g/mol. The van der Waals surface area contributed by atoms with E-state index in [1.54, 1.807) is 7.11 Å². The molecule has 0 saturated carbocycles. The number of methoxy groups -OCH3 is 1. The van der Waals surface area contributed by atoms with E-state index in [1.165, 1.54) is 47.5 Å². The number of benzene rings is 2. The Bertz CT molecular complexity index is 791. The van der Waals surface area contributed by atoms with Crippen molar-refractivity contribution < 1.29 is 4.74 Å². The Morgan fingerprint density at radius 1 is 0.920 bits per heavy atom. The maximum atomic E-state index is 5.32. The van der Waals surface area contributed by atoms with Crippen LogP contribution in [0.15, 0.2) is 65.3 Å². The van der Waals surface area contributed by atoms with E-state index in [0.717, 1.165) is 25.3 Å². The zero-order valence-electron chi connectivity index (χ0n) is 14.7. The van der Waals surface area contributed by atoms with Gasteiger partial charge in [-0.05, 0) is 36.1 Å². The van der Waals surface area contributed by atoms with Crippen LogP contribution >= 0.6 is 0 Å². The Balaban J connectivity index is 1.80. The smallest absolute Gasteiger partial charge is 0.118 e. The van der Waals surface area contributed by atoms with E-state index < -0.39 is 0 Å². The van der Waals surface area contributed by atoms with Crippen molar-refractivity contribution in [3.8, 4) is 5.75 Å². The van der Waals surface area contributed by atoms with Crippen LogP contribution in [-0.2, 0) is 0 Å². The number of nitrogens with zero attached hydrogens (tertiary/aromatic N) is 2. The van der Waals surface area contributed by atoms with E-state index in [0.29, 0.717) is 0 Å². The lowest BCUT2D eigenvalue weighted by Crippen LogP contribution is -2.26. The molecule has 0 radical (unpaired) electrons. The van der Waals surface area contributed by atoms with Crippen molar-refractivity contribution >= 4 is 11.4 Å². The highest BCUT2D eigenvalue weighted by molar-refractivity contribution is 5.91. The third kappa shape index (κ3) is 3.32. The van der Waals surface area contributed by atoms with Crippen molar-refractivity contribution in [2.24, 2.45) is 4.99 Å². The van der Waals surface area contributed by atoms with Gasteiger partial charge in [-0.15, -0.1) is 0 Å². The fourth-order valence-corrected chi connectivity index (χ4v) is 3.72. The number of fused-ring (bicyclic) bond motifs is 1. The number of amidine groups is 1. The molecule has 2 aliphatic rings. The van der Waals surface area contributed by atoms with Crippen LogP contribution in [-0.4, -0.2) is 30.9 Å². The lowest BCUT2D eigenvalue weighted by Gasteiger charge is -2.17. The monoisotopic (exact) mass is 332 g/mol. The highest BCUT2D eigenvalue weighted by Gasteiger charge is 2.25. The maximum absolute atomic E-state index is 5.32. The van der Waals surface area contributed by atoms with Crippen molar-refractivity contribution in [1.82, 2.24) is 4.90 Å². The van der Waals surface area contributed by atoms with Crippen molar-refractivity contribution in [2.45, 2.75) is 25.7 Å². The zero-order valence-corrected chi connectivity index (χ0v) is 14.7. The summed E-state index contributed by atoms with van der Waals surface area (Å²) >= 11 is 0. The molecule has 0 amide bonds. The molecule has 1 saturated heterocycles. The summed E-state index contributed by atoms with van der Waals surface area (Å²) in [5.41, 5.74) is 4.85. The molecule has 0 aromatic heterocycles. The molecule has 2 aliphatic heterocycles. The van der Waals surface area contributed by atoms with Gasteiger partial charge in [-0.25, -0.2) is 4.99 Å². The zero-order chi connectivity index (χ0) is 17.1. The van der Waals surface area contributed by atoms with Gasteiger partial charge < -0.3 is 9.64 Å². The second-order valence-corrected chi connectivity index (χ2v) is 6.68. The van der Waals surface area contributed by atoms with Crippen LogP contribution < -0.4 is 4.74 Å². The summed E-state index contributed by atoms with van der Waals surface area (Å²) in [6, 6.07) is 18.9. The van der Waals surface area contributed by atoms with E-state index in [1.807, 2.05) is 12.1 Å². The SMILES string of the molecule is COc1ccc(/C(=C2\CN3CCCCCC3=N2)c2ccccc2)cc1. The number of rotatable bonds is 3. The van der Waals surface area contributed by atoms with Gasteiger partial charge in [-0.3, -0.25) is 0 Å². The van der Waals surface area contributed by atoms with Gasteiger partial charge in [-0.1, -0.05) is 48.9 Å². The largest absolute Gasteiger partial charge is 0.497 e. The van der Waals surface area contributed by atoms with Crippen molar-refractivity contribution in [2.75, 3.05) is 20.2 Å². The number of hydrogen-bond donors (Lipinski definition) is 0. The average Bonchev–Trinajstić information content (AvgIpc) is 2.93. The molecule has 3 nitrogen and oxygen atoms in total. The summed E-state index contributed by atoms with van der Waals surface area (Å²) in [6.07, 6.45) is 4.95. The Morgan fingerprint density at radius 3 is 2.44 bits per heavy atom. The van der Waals surface area contributed by atoms with Crippen LogP contribution in [0.2, 0.25) is 0 Å². The van der Waals surface area contributed by atoms with Crippen LogP contribution in [0.3, 0.4) is 0 Å². The Labute approximate surface area is 149 Å². The fraction of sp³-hybridized carbons (Fsp3) is 0.318. The van der Waals surface area contributed by atoms with E-state index in [4.69, 9.17) is 9.73 Å². The first-order valence-corrected chi connectivity index (χ1v) is 9.10. The Hall–Kier alpha value is -2.55. The molecule has 128 valence electrons. The molecule has 2 aromatic rings. The summed E-state index contributed by atoms with van der Waals surface area (Å²) in [7, 11) is 1.70. The summed E-state index contributed by atoms with van der Waals surface area (Å²) in [4.78, 5) is 7.52. The molecule has 2 aromatic carbocycles. The van der Waals surface area contributed by atoms with Gasteiger partial charge in [-0.2, -0.15) is 0 Å². The second kappa shape index (κ2) is 7.14. The van der Waals surface area contributed by atoms with Crippen molar-refractivity contribution in [1.29, 1.82) is 0 Å². The summed E-state index contributed by atoms with van der Waals surface area (Å²) < 4.78 is 5.32. The molecule has 0 N–H and O–H groups in total. The maximum Gasteiger partial charge on any atom is 0.118 e. The summed E-state index contributed by atoms with van der Waals surface area (Å²) in [5.74, 6) is 2.15. The first-order valence-electron chi connectivity index (χ1n) is 9.10. The molecule has 25 heavy (non-hydrogen) atoms. The van der Waals surface area contributed by atoms with Crippen LogP contribution in [0.25, 0.3) is 5.57 Å². The molecule has 0 unspecified atom stereocenters. The van der Waals surface area contributed by atoms with E-state index >= 15 is 0 Å². The van der Waals surface area contributed by atoms with Crippen molar-refractivity contribution in [3.05, 3.63) is 71.4 Å². The molecule has 2 heterocycles. The molecule has 0 bridgehead atoms. The van der Waals surface area contributed by atoms with Crippen LogP contribution in [0.1, 0.15) is 36.8 Å². The second-order valence-electron chi connectivity index (χ2n) is 6.68. The molecule has 1 fully saturated rings. The molecule has 3 heteroatoms. The standard InChI is InChI=1S/C22H24N2O/c1-25-19-13-11-18(12-14-19)22(17-8-4-2-5-9-17)20-16-24-15-7-3-6-10-21(24)23-20/h2,4-5,8-9,11-14H,3,6-7,10,15-16H2,1H3/b22-20+. The Morgan fingerprint density at radius 2 is 1.68 bits per heavy atom. The van der Waals surface area contributed by atoms with E-state index in [-0.39, 0.29) is 0 Å². The van der Waals surface area contributed by atoms with Gasteiger partial charge in [0.2, 0.25) is 0 Å². The minimum Gasteiger partial charge on any atom is -0.497 e. The van der Waals surface area contributed by atoms with Crippen molar-refractivity contribution in [3.63, 3.8) is 0 Å². The van der Waals surface area contributed by atoms with Gasteiger partial charge in [0, 0.05) is 18.5 Å². The van der Waals surface area contributed by atoms with Gasteiger partial charge in [0.05, 0.1) is 19.4 Å². The third-order valence-electron chi connectivity index (χ3n) is 5.03. The fourth-order valence-electron chi connectivity index (χ4n) is 3.72. The predicted molar refractivity (Wildman–Crippen MR) is 103 cm³/mol. The quantitative estimate of drug-likeness (QED) is 0.811. The molecule has 0 aliphatic carbocycles. The molecule has 0 atom stereocenters. The lowest BCUT2D eigenvalue weighted by atomic mass is 9.96. The van der Waals surface area contributed by atoms with Crippen LogP contribution in [0.4, 0.5) is 0 Å². The highest BCUT2D eigenvalue weighted by Crippen LogP contribution is 2.33. The summed E-state index contributed by atoms with van der Waals surface area (Å²) in [6.45, 7) is 2.05. The highest BCUT2D eigenvalue weighted by atomic mass is 16.5. The number of hydrogen-bond acceptors (Lipinski definition) is 3. The van der Waals surface area contributed by atoms with Crippen LogP contribution in [0, 0.1) is 0 Å². The number of ether oxygens (including phenoxy) is 1. The van der Waals surface area contributed by atoms with Gasteiger partial charge in [0.1, 0.15) is 11.6 Å². The lowest BCUT2D eigenvalue weighted by molar-refractivity contribution is 0.415. The minimum atomic E-state index is 0.882. The van der Waals surface area contributed by atoms with Gasteiger partial charge >= 0.3 is 0 Å². The minimum absolute atomic E-state index is 0.882. The molecule has 4 rings (SSSR count). The first-order chi connectivity index (χ1) is 12.3. The normalized spacial score (nSPS) is 19.1. The Kier molecular flexibility index (Phi) is 4.55. The number of aliphatic imine (C=N–C) groups is 1. The first kappa shape index (κ1) is 15.9. The van der Waals surface area contributed by atoms with E-state index in [9.17, 15) is 0 Å². The molecular formula is C22H24N2O. The predicted octanol–water partition coefficient (Wildman–Crippen LogP) is 4.74. The van der Waals surface area contributed by atoms with Gasteiger partial charge in [0.15, 0.2) is 0 Å². The van der Waals surface area contributed by atoms with Crippen LogP contribution in [0.5, 0.6) is 5.75 Å². The van der Waals surface area contributed by atoms with E-state index in [2.05, 4.69) is 47.4 Å². The average molecular weight is 332 g/mol. The topological polar surface area (TPSA) is 24.8 Å². The molecule has 0 spiro atoms. The third-order valence-corrected chi connectivity index (χ3v) is 5.03. The van der Waals surface area contributed by atoms with Gasteiger partial charge in [0.25, 0.3) is 0 Å².